The number of halogens is 1. The fraction of sp³-hybridized carbons (Fsp3) is 0.529. The van der Waals surface area contributed by atoms with Crippen LogP contribution in [0.2, 0.25) is 0 Å². The molecule has 0 unspecified atom stereocenters. The summed E-state index contributed by atoms with van der Waals surface area (Å²) in [6.45, 7) is 10.0. The van der Waals surface area contributed by atoms with Gasteiger partial charge in [0.1, 0.15) is 5.76 Å². The number of esters is 1. The third kappa shape index (κ3) is 3.43. The highest BCUT2D eigenvalue weighted by atomic mass is 35.5. The molecule has 0 amide bonds. The van der Waals surface area contributed by atoms with Gasteiger partial charge in [-0.15, -0.1) is 0 Å². The zero-order chi connectivity index (χ0) is 16.5. The van der Waals surface area contributed by atoms with E-state index in [0.717, 1.165) is 28.9 Å². The minimum atomic E-state index is -0.441. The molecule has 1 aromatic heterocycles. The van der Waals surface area contributed by atoms with Gasteiger partial charge in [0.25, 0.3) is 0 Å². The summed E-state index contributed by atoms with van der Waals surface area (Å²) < 4.78 is 10.7. The molecule has 0 radical (unpaired) electrons. The fourth-order valence-corrected chi connectivity index (χ4v) is 2.73. The van der Waals surface area contributed by atoms with E-state index in [1.54, 1.807) is 6.92 Å². The van der Waals surface area contributed by atoms with Crippen molar-refractivity contribution in [3.05, 3.63) is 28.2 Å². The average molecular weight is 324 g/mol. The first-order valence-corrected chi connectivity index (χ1v) is 7.86. The Hall–Kier alpha value is -1.55. The fourth-order valence-electron chi connectivity index (χ4n) is 2.34. The lowest BCUT2D eigenvalue weighted by molar-refractivity contribution is 0.0487. The Kier molecular flexibility index (Phi) is 4.81. The van der Waals surface area contributed by atoms with E-state index in [-0.39, 0.29) is 11.3 Å². The van der Waals surface area contributed by atoms with Gasteiger partial charge in [0.2, 0.25) is 5.76 Å². The highest BCUT2D eigenvalue weighted by Crippen LogP contribution is 2.38. The quantitative estimate of drug-likeness (QED) is 0.606. The van der Waals surface area contributed by atoms with E-state index < -0.39 is 5.97 Å². The van der Waals surface area contributed by atoms with Crippen LogP contribution in [0, 0.1) is 6.92 Å². The Labute approximate surface area is 136 Å². The van der Waals surface area contributed by atoms with Crippen LogP contribution in [-0.4, -0.2) is 24.3 Å². The number of rotatable bonds is 3. The van der Waals surface area contributed by atoms with Crippen molar-refractivity contribution in [1.29, 1.82) is 0 Å². The minimum absolute atomic E-state index is 0.147. The van der Waals surface area contributed by atoms with Crippen molar-refractivity contribution in [3.63, 3.8) is 0 Å². The van der Waals surface area contributed by atoms with Crippen LogP contribution in [0.25, 0.3) is 5.03 Å². The number of aryl methyl sites for hydroxylation is 1. The zero-order valence-corrected chi connectivity index (χ0v) is 14.5. The van der Waals surface area contributed by atoms with Crippen LogP contribution in [0.15, 0.2) is 15.0 Å². The number of ether oxygens (including phenoxy) is 1. The van der Waals surface area contributed by atoms with Crippen molar-refractivity contribution in [1.82, 2.24) is 0 Å². The van der Waals surface area contributed by atoms with Gasteiger partial charge in [0, 0.05) is 23.8 Å². The lowest BCUT2D eigenvalue weighted by atomic mass is 9.95. The molecule has 4 nitrogen and oxygen atoms in total. The number of allylic oxidation sites excluding steroid dienone is 1. The summed E-state index contributed by atoms with van der Waals surface area (Å²) in [6, 6.07) is 0. The van der Waals surface area contributed by atoms with Gasteiger partial charge in [-0.2, -0.15) is 0 Å². The van der Waals surface area contributed by atoms with Crippen molar-refractivity contribution < 1.29 is 13.9 Å². The van der Waals surface area contributed by atoms with Gasteiger partial charge >= 0.3 is 5.97 Å². The molecule has 0 bridgehead atoms. The Bertz CT molecular complexity index is 648. The van der Waals surface area contributed by atoms with Crippen LogP contribution in [0.4, 0.5) is 0 Å². The van der Waals surface area contributed by atoms with E-state index in [0.29, 0.717) is 18.1 Å². The normalized spacial score (nSPS) is 15.4. The lowest BCUT2D eigenvalue weighted by Crippen LogP contribution is -2.11. The molecule has 0 atom stereocenters. The highest BCUT2D eigenvalue weighted by Gasteiger charge is 2.28. The molecule has 1 aromatic rings. The number of aliphatic imine (C=N–C) groups is 1. The first-order chi connectivity index (χ1) is 10.2. The SMILES string of the molecule is CCOC(=O)c1oc2c(c1C)C(Cl)=C(C=NC(C)(C)C)CC2. The number of carbonyl (C=O) groups excluding carboxylic acids is 1. The van der Waals surface area contributed by atoms with Crippen molar-refractivity contribution in [2.75, 3.05) is 6.61 Å². The van der Waals surface area contributed by atoms with Gasteiger partial charge in [0.05, 0.1) is 17.2 Å². The van der Waals surface area contributed by atoms with Crippen molar-refractivity contribution in [2.45, 2.75) is 53.0 Å². The molecule has 0 spiro atoms. The van der Waals surface area contributed by atoms with Crippen molar-refractivity contribution in [2.24, 2.45) is 4.99 Å². The number of fused-ring (bicyclic) bond motifs is 1. The van der Waals surface area contributed by atoms with Crippen LogP contribution in [0.1, 0.15) is 61.6 Å². The van der Waals surface area contributed by atoms with Crippen molar-refractivity contribution >= 4 is 28.8 Å². The molecule has 0 N–H and O–H groups in total. The van der Waals surface area contributed by atoms with Crippen LogP contribution >= 0.6 is 11.6 Å². The minimum Gasteiger partial charge on any atom is -0.460 e. The molecular weight excluding hydrogens is 302 g/mol. The highest BCUT2D eigenvalue weighted by molar-refractivity contribution is 6.51. The van der Waals surface area contributed by atoms with Crippen molar-refractivity contribution in [3.8, 4) is 0 Å². The van der Waals surface area contributed by atoms with Gasteiger partial charge in [-0.25, -0.2) is 4.79 Å². The maximum absolute atomic E-state index is 11.9. The second kappa shape index (κ2) is 6.29. The molecule has 0 fully saturated rings. The Morgan fingerprint density at radius 3 is 2.68 bits per heavy atom. The standard InChI is InChI=1S/C17H22ClNO3/c1-6-21-16(20)15-10(2)13-12(22-15)8-7-11(14(13)18)9-19-17(3,4)5/h9H,6-8H2,1-5H3. The molecular formula is C17H22ClNO3. The second-order valence-corrected chi connectivity index (χ2v) is 6.72. The van der Waals surface area contributed by atoms with E-state index in [1.807, 2.05) is 33.9 Å². The molecule has 120 valence electrons. The van der Waals surface area contributed by atoms with Gasteiger partial charge in [-0.1, -0.05) is 11.6 Å². The van der Waals surface area contributed by atoms with E-state index in [2.05, 4.69) is 4.99 Å². The molecule has 1 aliphatic rings. The predicted octanol–water partition coefficient (Wildman–Crippen LogP) is 4.53. The molecule has 1 aliphatic carbocycles. The molecule has 0 aromatic carbocycles. The third-order valence-electron chi connectivity index (χ3n) is 3.41. The van der Waals surface area contributed by atoms with E-state index in [9.17, 15) is 4.79 Å². The maximum atomic E-state index is 11.9. The summed E-state index contributed by atoms with van der Waals surface area (Å²) >= 11 is 6.52. The molecule has 5 heteroatoms. The van der Waals surface area contributed by atoms with Crippen LogP contribution in [0.3, 0.4) is 0 Å². The van der Waals surface area contributed by atoms with Gasteiger partial charge < -0.3 is 9.15 Å². The molecule has 2 rings (SSSR count). The Morgan fingerprint density at radius 1 is 1.41 bits per heavy atom. The Morgan fingerprint density at radius 2 is 2.09 bits per heavy atom. The number of hydrogen-bond acceptors (Lipinski definition) is 4. The second-order valence-electron chi connectivity index (χ2n) is 6.34. The number of carbonyl (C=O) groups is 1. The Balaban J connectivity index is 2.42. The first-order valence-electron chi connectivity index (χ1n) is 7.48. The molecule has 0 saturated carbocycles. The molecule has 0 aliphatic heterocycles. The smallest absolute Gasteiger partial charge is 0.374 e. The molecule has 22 heavy (non-hydrogen) atoms. The average Bonchev–Trinajstić information content (AvgIpc) is 2.75. The van der Waals surface area contributed by atoms with Gasteiger partial charge in [-0.05, 0) is 46.6 Å². The maximum Gasteiger partial charge on any atom is 0.374 e. The topological polar surface area (TPSA) is 51.8 Å². The van der Waals surface area contributed by atoms with Crippen LogP contribution < -0.4 is 0 Å². The number of hydrogen-bond donors (Lipinski definition) is 0. The van der Waals surface area contributed by atoms with E-state index >= 15 is 0 Å². The summed E-state index contributed by atoms with van der Waals surface area (Å²) in [4.78, 5) is 16.4. The zero-order valence-electron chi connectivity index (χ0n) is 13.7. The number of nitrogens with zero attached hydrogens (tertiary/aromatic N) is 1. The lowest BCUT2D eigenvalue weighted by Gasteiger charge is -2.16. The third-order valence-corrected chi connectivity index (χ3v) is 3.84. The van der Waals surface area contributed by atoms with Crippen LogP contribution in [-0.2, 0) is 11.2 Å². The number of furan rings is 1. The predicted molar refractivity (Wildman–Crippen MR) is 88.7 cm³/mol. The van der Waals surface area contributed by atoms with E-state index in [4.69, 9.17) is 20.8 Å². The largest absolute Gasteiger partial charge is 0.460 e. The first kappa shape index (κ1) is 16.8. The molecule has 0 saturated heterocycles. The van der Waals surface area contributed by atoms with Gasteiger partial charge in [0.15, 0.2) is 0 Å². The monoisotopic (exact) mass is 323 g/mol. The van der Waals surface area contributed by atoms with E-state index in [1.165, 1.54) is 0 Å². The van der Waals surface area contributed by atoms with Crippen LogP contribution in [0.5, 0.6) is 0 Å². The summed E-state index contributed by atoms with van der Waals surface area (Å²) in [5.41, 5.74) is 2.38. The van der Waals surface area contributed by atoms with Gasteiger partial charge in [-0.3, -0.25) is 4.99 Å². The molecule has 1 heterocycles. The summed E-state index contributed by atoms with van der Waals surface area (Å²) in [5.74, 6) is 0.557. The summed E-state index contributed by atoms with van der Waals surface area (Å²) in [6.07, 6.45) is 3.29. The summed E-state index contributed by atoms with van der Waals surface area (Å²) in [5, 5.41) is 0.617. The summed E-state index contributed by atoms with van der Waals surface area (Å²) in [7, 11) is 0.